The molecule has 1 aromatic carbocycles. The summed E-state index contributed by atoms with van der Waals surface area (Å²) in [6, 6.07) is 5.79. The van der Waals surface area contributed by atoms with Crippen LogP contribution in [0, 0.1) is 6.92 Å². The lowest BCUT2D eigenvalue weighted by atomic mass is 9.87. The molecule has 5 heteroatoms. The van der Waals surface area contributed by atoms with E-state index in [4.69, 9.17) is 11.6 Å². The highest BCUT2D eigenvalue weighted by atomic mass is 35.5. The van der Waals surface area contributed by atoms with Crippen LogP contribution in [0.1, 0.15) is 35.2 Å². The highest BCUT2D eigenvalue weighted by Crippen LogP contribution is 2.33. The molecule has 1 unspecified atom stereocenters. The highest BCUT2D eigenvalue weighted by Gasteiger charge is 2.29. The van der Waals surface area contributed by atoms with Crippen LogP contribution in [0.4, 0.5) is 0 Å². The average Bonchev–Trinajstić information content (AvgIpc) is 2.78. The molecule has 0 spiro atoms. The summed E-state index contributed by atoms with van der Waals surface area (Å²) in [6.07, 6.45) is 2.20. The third-order valence-corrected chi connectivity index (χ3v) is 3.54. The number of rotatable bonds is 4. The fraction of sp³-hybridized carbons (Fsp3) is 0.286. The van der Waals surface area contributed by atoms with E-state index in [1.807, 2.05) is 32.0 Å². The van der Waals surface area contributed by atoms with Gasteiger partial charge in [0, 0.05) is 0 Å². The van der Waals surface area contributed by atoms with Gasteiger partial charge in [0.25, 0.3) is 0 Å². The molecule has 2 rings (SSSR count). The van der Waals surface area contributed by atoms with E-state index in [0.717, 1.165) is 23.1 Å². The molecule has 0 aliphatic heterocycles. The second kappa shape index (κ2) is 5.45. The van der Waals surface area contributed by atoms with Gasteiger partial charge in [-0.15, -0.1) is 0 Å². The predicted molar refractivity (Wildman–Crippen MR) is 73.6 cm³/mol. The van der Waals surface area contributed by atoms with Gasteiger partial charge in [-0.25, -0.2) is 0 Å². The lowest BCUT2D eigenvalue weighted by Gasteiger charge is -2.18. The van der Waals surface area contributed by atoms with Crippen LogP contribution in [0.15, 0.2) is 24.4 Å². The second-order valence-electron chi connectivity index (χ2n) is 4.40. The van der Waals surface area contributed by atoms with Crippen molar-refractivity contribution in [1.29, 1.82) is 0 Å². The zero-order valence-electron chi connectivity index (χ0n) is 10.8. The first-order valence-corrected chi connectivity index (χ1v) is 6.44. The molecule has 19 heavy (non-hydrogen) atoms. The zero-order chi connectivity index (χ0) is 14.0. The van der Waals surface area contributed by atoms with Crippen molar-refractivity contribution in [2.45, 2.75) is 26.2 Å². The molecule has 0 radical (unpaired) electrons. The molecule has 0 amide bonds. The monoisotopic (exact) mass is 278 g/mol. The third kappa shape index (κ3) is 2.49. The molecule has 0 aliphatic carbocycles. The molecular formula is C14H15ClN2O2. The lowest BCUT2D eigenvalue weighted by Crippen LogP contribution is -2.17. The summed E-state index contributed by atoms with van der Waals surface area (Å²) >= 11 is 6.02. The van der Waals surface area contributed by atoms with Crippen LogP contribution in [0.5, 0.6) is 0 Å². The van der Waals surface area contributed by atoms with E-state index in [0.29, 0.717) is 10.7 Å². The Kier molecular flexibility index (Phi) is 3.90. The minimum Gasteiger partial charge on any atom is -0.480 e. The number of carboxylic acid groups (broad SMARTS) is 1. The van der Waals surface area contributed by atoms with E-state index in [1.54, 1.807) is 0 Å². The summed E-state index contributed by atoms with van der Waals surface area (Å²) in [5, 5.41) is 16.4. The van der Waals surface area contributed by atoms with E-state index >= 15 is 0 Å². The van der Waals surface area contributed by atoms with Gasteiger partial charge in [-0.05, 0) is 30.0 Å². The lowest BCUT2D eigenvalue weighted by molar-refractivity contribution is -0.137. The van der Waals surface area contributed by atoms with Crippen molar-refractivity contribution in [3.05, 3.63) is 51.8 Å². The number of H-pyrrole nitrogens is 1. The zero-order valence-corrected chi connectivity index (χ0v) is 11.5. The van der Waals surface area contributed by atoms with Crippen molar-refractivity contribution in [3.8, 4) is 0 Å². The van der Waals surface area contributed by atoms with Crippen LogP contribution < -0.4 is 0 Å². The number of nitrogens with zero attached hydrogens (tertiary/aromatic N) is 1. The Hall–Kier alpha value is -1.81. The van der Waals surface area contributed by atoms with Gasteiger partial charge in [0.1, 0.15) is 5.92 Å². The van der Waals surface area contributed by atoms with Gasteiger partial charge in [-0.2, -0.15) is 5.10 Å². The van der Waals surface area contributed by atoms with Gasteiger partial charge in [-0.1, -0.05) is 36.7 Å². The van der Waals surface area contributed by atoms with Crippen LogP contribution in [0.25, 0.3) is 0 Å². The molecule has 0 bridgehead atoms. The number of hydrogen-bond acceptors (Lipinski definition) is 2. The summed E-state index contributed by atoms with van der Waals surface area (Å²) in [4.78, 5) is 11.7. The van der Waals surface area contributed by atoms with Crippen LogP contribution in [-0.4, -0.2) is 21.3 Å². The number of carbonyl (C=O) groups is 1. The molecule has 0 saturated heterocycles. The van der Waals surface area contributed by atoms with Crippen molar-refractivity contribution in [3.63, 3.8) is 0 Å². The number of aromatic amines is 1. The van der Waals surface area contributed by atoms with E-state index in [2.05, 4.69) is 10.2 Å². The topological polar surface area (TPSA) is 66.0 Å². The highest BCUT2D eigenvalue weighted by molar-refractivity contribution is 6.31. The van der Waals surface area contributed by atoms with Crippen molar-refractivity contribution in [2.75, 3.05) is 0 Å². The Labute approximate surface area is 116 Å². The Morgan fingerprint density at radius 1 is 1.53 bits per heavy atom. The number of halogens is 1. The Balaban J connectivity index is 2.65. The third-order valence-electron chi connectivity index (χ3n) is 3.24. The fourth-order valence-corrected chi connectivity index (χ4v) is 2.54. The number of nitrogens with one attached hydrogen (secondary N) is 1. The quantitative estimate of drug-likeness (QED) is 0.903. The molecule has 1 aromatic heterocycles. The number of aliphatic carboxylic acids is 1. The maximum absolute atomic E-state index is 11.7. The summed E-state index contributed by atoms with van der Waals surface area (Å²) in [7, 11) is 0. The molecule has 1 heterocycles. The first-order valence-electron chi connectivity index (χ1n) is 6.06. The minimum absolute atomic E-state index is 0.345. The van der Waals surface area contributed by atoms with E-state index in [-0.39, 0.29) is 0 Å². The minimum atomic E-state index is -0.935. The number of benzene rings is 1. The SMILES string of the molecule is CCc1cccc(C)c1C(C(=O)O)c1[nH]ncc1Cl. The Bertz CT molecular complexity index is 607. The summed E-state index contributed by atoms with van der Waals surface area (Å²) in [5.41, 5.74) is 3.18. The molecule has 4 nitrogen and oxygen atoms in total. The standard InChI is InChI=1S/C14H15ClN2O2/c1-3-9-6-4-5-8(2)11(9)12(14(18)19)13-10(15)7-16-17-13/h4-7,12H,3H2,1-2H3,(H,16,17)(H,18,19). The number of hydrogen-bond donors (Lipinski definition) is 2. The van der Waals surface area contributed by atoms with Crippen molar-refractivity contribution in [2.24, 2.45) is 0 Å². The Morgan fingerprint density at radius 2 is 2.26 bits per heavy atom. The van der Waals surface area contributed by atoms with E-state index in [9.17, 15) is 9.90 Å². The number of aryl methyl sites for hydroxylation is 2. The molecular weight excluding hydrogens is 264 g/mol. The molecule has 2 aromatic rings. The smallest absolute Gasteiger partial charge is 0.317 e. The number of aromatic nitrogens is 2. The summed E-state index contributed by atoms with van der Waals surface area (Å²) in [6.45, 7) is 3.92. The van der Waals surface area contributed by atoms with E-state index < -0.39 is 11.9 Å². The molecule has 0 fully saturated rings. The largest absolute Gasteiger partial charge is 0.480 e. The maximum Gasteiger partial charge on any atom is 0.317 e. The number of carboxylic acids is 1. The average molecular weight is 279 g/mol. The summed E-state index contributed by atoms with van der Waals surface area (Å²) < 4.78 is 0. The maximum atomic E-state index is 11.7. The molecule has 1 atom stereocenters. The van der Waals surface area contributed by atoms with E-state index in [1.165, 1.54) is 6.20 Å². The van der Waals surface area contributed by atoms with Crippen LogP contribution in [0.2, 0.25) is 5.02 Å². The second-order valence-corrected chi connectivity index (χ2v) is 4.81. The van der Waals surface area contributed by atoms with Crippen molar-refractivity contribution >= 4 is 17.6 Å². The van der Waals surface area contributed by atoms with Gasteiger partial charge >= 0.3 is 5.97 Å². The van der Waals surface area contributed by atoms with Crippen molar-refractivity contribution < 1.29 is 9.90 Å². The van der Waals surface area contributed by atoms with Crippen LogP contribution >= 0.6 is 11.6 Å². The Morgan fingerprint density at radius 3 is 2.79 bits per heavy atom. The van der Waals surface area contributed by atoms with Gasteiger partial charge in [0.15, 0.2) is 0 Å². The van der Waals surface area contributed by atoms with Gasteiger partial charge < -0.3 is 5.11 Å². The van der Waals surface area contributed by atoms with Crippen LogP contribution in [0.3, 0.4) is 0 Å². The van der Waals surface area contributed by atoms with Gasteiger partial charge in [0.2, 0.25) is 0 Å². The molecule has 0 saturated carbocycles. The van der Waals surface area contributed by atoms with Gasteiger partial charge in [-0.3, -0.25) is 9.89 Å². The normalized spacial score (nSPS) is 12.4. The van der Waals surface area contributed by atoms with Crippen molar-refractivity contribution in [1.82, 2.24) is 10.2 Å². The van der Waals surface area contributed by atoms with Crippen LogP contribution in [-0.2, 0) is 11.2 Å². The molecule has 100 valence electrons. The first-order chi connectivity index (χ1) is 9.06. The van der Waals surface area contributed by atoms with Gasteiger partial charge in [0.05, 0.1) is 16.9 Å². The molecule has 0 aliphatic rings. The predicted octanol–water partition coefficient (Wildman–Crippen LogP) is 3.15. The summed E-state index contributed by atoms with van der Waals surface area (Å²) in [5.74, 6) is -1.75. The molecule has 2 N–H and O–H groups in total. The fourth-order valence-electron chi connectivity index (χ4n) is 2.34. The first kappa shape index (κ1) is 13.6.